The van der Waals surface area contributed by atoms with Gasteiger partial charge in [0.15, 0.2) is 5.88 Å². The van der Waals surface area contributed by atoms with Crippen LogP contribution < -0.4 is 0 Å². The zero-order valence-electron chi connectivity index (χ0n) is 6.61. The Labute approximate surface area is 73.4 Å². The van der Waals surface area contributed by atoms with E-state index in [4.69, 9.17) is 10.2 Å². The number of fused-ring (bicyclic) bond motifs is 1. The molecule has 0 bridgehead atoms. The first kappa shape index (κ1) is 7.67. The number of benzene rings is 1. The molecule has 0 radical (unpaired) electrons. The van der Waals surface area contributed by atoms with Crippen LogP contribution in [0.25, 0.3) is 10.9 Å². The number of carboxylic acids is 1. The van der Waals surface area contributed by atoms with Crippen LogP contribution in [-0.4, -0.2) is 21.2 Å². The maximum atomic E-state index is 10.7. The minimum absolute atomic E-state index is 0.0244. The van der Waals surface area contributed by atoms with E-state index in [9.17, 15) is 4.79 Å². The standard InChI is InChI=1S/C9H7NO3/c11-7-4-5-2-1-3-6(9(12)13)8(5)10-7/h1-4,10-11H,(H,12,13). The number of hydrogen-bond acceptors (Lipinski definition) is 2. The normalized spacial score (nSPS) is 10.5. The Morgan fingerprint density at radius 3 is 2.85 bits per heavy atom. The third kappa shape index (κ3) is 1.12. The Hall–Kier alpha value is -1.97. The van der Waals surface area contributed by atoms with E-state index in [1.54, 1.807) is 12.1 Å². The number of para-hydroxylation sites is 1. The van der Waals surface area contributed by atoms with Gasteiger partial charge in [-0.15, -0.1) is 0 Å². The Morgan fingerprint density at radius 1 is 1.38 bits per heavy atom. The van der Waals surface area contributed by atoms with Crippen LogP contribution in [0.3, 0.4) is 0 Å². The molecule has 0 spiro atoms. The molecule has 2 rings (SSSR count). The van der Waals surface area contributed by atoms with Crippen molar-refractivity contribution in [2.75, 3.05) is 0 Å². The van der Waals surface area contributed by atoms with Crippen molar-refractivity contribution in [2.45, 2.75) is 0 Å². The van der Waals surface area contributed by atoms with Gasteiger partial charge in [0.25, 0.3) is 0 Å². The van der Waals surface area contributed by atoms with Crippen molar-refractivity contribution in [3.05, 3.63) is 29.8 Å². The lowest BCUT2D eigenvalue weighted by molar-refractivity contribution is 0.0699. The van der Waals surface area contributed by atoms with E-state index in [1.165, 1.54) is 12.1 Å². The van der Waals surface area contributed by atoms with Crippen LogP contribution in [0, 0.1) is 0 Å². The highest BCUT2D eigenvalue weighted by Gasteiger charge is 2.09. The van der Waals surface area contributed by atoms with Gasteiger partial charge < -0.3 is 15.2 Å². The summed E-state index contributed by atoms with van der Waals surface area (Å²) in [6.07, 6.45) is 0. The van der Waals surface area contributed by atoms with E-state index in [1.807, 2.05) is 0 Å². The minimum Gasteiger partial charge on any atom is -0.495 e. The molecule has 13 heavy (non-hydrogen) atoms. The monoisotopic (exact) mass is 177 g/mol. The molecule has 0 aliphatic carbocycles. The number of aromatic hydroxyl groups is 1. The molecule has 4 heteroatoms. The van der Waals surface area contributed by atoms with Crippen LogP contribution in [0.4, 0.5) is 0 Å². The number of aromatic nitrogens is 1. The average molecular weight is 177 g/mol. The lowest BCUT2D eigenvalue weighted by Gasteiger charge is -1.95. The van der Waals surface area contributed by atoms with Crippen molar-refractivity contribution in [3.8, 4) is 5.88 Å². The lowest BCUT2D eigenvalue weighted by Crippen LogP contribution is -1.96. The number of carboxylic acid groups (broad SMARTS) is 1. The van der Waals surface area contributed by atoms with Crippen LogP contribution in [0.1, 0.15) is 10.4 Å². The summed E-state index contributed by atoms with van der Waals surface area (Å²) in [7, 11) is 0. The van der Waals surface area contributed by atoms with Crippen LogP contribution >= 0.6 is 0 Å². The summed E-state index contributed by atoms with van der Waals surface area (Å²) in [6.45, 7) is 0. The highest BCUT2D eigenvalue weighted by molar-refractivity contribution is 6.02. The van der Waals surface area contributed by atoms with E-state index in [-0.39, 0.29) is 11.4 Å². The molecule has 2 aromatic rings. The predicted octanol–water partition coefficient (Wildman–Crippen LogP) is 1.57. The van der Waals surface area contributed by atoms with Gasteiger partial charge >= 0.3 is 5.97 Å². The van der Waals surface area contributed by atoms with Crippen LogP contribution in [-0.2, 0) is 0 Å². The van der Waals surface area contributed by atoms with Gasteiger partial charge in [-0.25, -0.2) is 4.79 Å². The number of hydrogen-bond donors (Lipinski definition) is 3. The van der Waals surface area contributed by atoms with Gasteiger partial charge in [0.05, 0.1) is 11.1 Å². The molecule has 4 nitrogen and oxygen atoms in total. The second-order valence-electron chi connectivity index (χ2n) is 2.73. The smallest absolute Gasteiger partial charge is 0.337 e. The first-order chi connectivity index (χ1) is 6.18. The molecule has 0 amide bonds. The van der Waals surface area contributed by atoms with Crippen molar-refractivity contribution in [2.24, 2.45) is 0 Å². The summed E-state index contributed by atoms with van der Waals surface area (Å²) in [4.78, 5) is 13.3. The fourth-order valence-corrected chi connectivity index (χ4v) is 1.32. The number of aromatic amines is 1. The second kappa shape index (κ2) is 2.52. The Bertz CT molecular complexity index is 473. The number of H-pyrrole nitrogens is 1. The molecular weight excluding hydrogens is 170 g/mol. The minimum atomic E-state index is -1.01. The van der Waals surface area contributed by atoms with Crippen molar-refractivity contribution in [1.82, 2.24) is 4.98 Å². The molecule has 0 fully saturated rings. The molecule has 3 N–H and O–H groups in total. The molecule has 1 aromatic carbocycles. The van der Waals surface area contributed by atoms with Gasteiger partial charge in [-0.3, -0.25) is 0 Å². The van der Waals surface area contributed by atoms with Gasteiger partial charge in [0.1, 0.15) is 0 Å². The average Bonchev–Trinajstić information content (AvgIpc) is 2.43. The van der Waals surface area contributed by atoms with Gasteiger partial charge in [0.2, 0.25) is 0 Å². The van der Waals surface area contributed by atoms with Gasteiger partial charge in [-0.1, -0.05) is 12.1 Å². The Balaban J connectivity index is 2.82. The topological polar surface area (TPSA) is 73.3 Å². The molecule has 0 saturated carbocycles. The summed E-state index contributed by atoms with van der Waals surface area (Å²) in [5.41, 5.74) is 0.616. The summed E-state index contributed by atoms with van der Waals surface area (Å²) in [5, 5.41) is 18.6. The molecule has 0 saturated heterocycles. The van der Waals surface area contributed by atoms with Gasteiger partial charge in [-0.2, -0.15) is 0 Å². The fourth-order valence-electron chi connectivity index (χ4n) is 1.32. The van der Waals surface area contributed by atoms with E-state index >= 15 is 0 Å². The molecule has 0 atom stereocenters. The largest absolute Gasteiger partial charge is 0.495 e. The van der Waals surface area contributed by atoms with E-state index < -0.39 is 5.97 Å². The third-order valence-electron chi connectivity index (χ3n) is 1.87. The summed E-state index contributed by atoms with van der Waals surface area (Å²) in [5.74, 6) is -1.03. The maximum Gasteiger partial charge on any atom is 0.337 e. The molecule has 1 aromatic heterocycles. The quantitative estimate of drug-likeness (QED) is 0.619. The molecule has 1 heterocycles. The molecule has 66 valence electrons. The number of rotatable bonds is 1. The summed E-state index contributed by atoms with van der Waals surface area (Å²) in [6, 6.07) is 6.35. The second-order valence-corrected chi connectivity index (χ2v) is 2.73. The van der Waals surface area contributed by atoms with Crippen molar-refractivity contribution in [3.63, 3.8) is 0 Å². The van der Waals surface area contributed by atoms with Crippen molar-refractivity contribution >= 4 is 16.9 Å². The van der Waals surface area contributed by atoms with Crippen molar-refractivity contribution < 1.29 is 15.0 Å². The molecular formula is C9H7NO3. The van der Waals surface area contributed by atoms with Gasteiger partial charge in [0, 0.05) is 11.5 Å². The summed E-state index contributed by atoms with van der Waals surface area (Å²) < 4.78 is 0. The Morgan fingerprint density at radius 2 is 2.15 bits per heavy atom. The number of aromatic carboxylic acids is 1. The van der Waals surface area contributed by atoms with Crippen LogP contribution in [0.2, 0.25) is 0 Å². The molecule has 0 aliphatic heterocycles. The Kier molecular flexibility index (Phi) is 1.48. The molecule has 0 unspecified atom stereocenters. The highest BCUT2D eigenvalue weighted by Crippen LogP contribution is 2.22. The maximum absolute atomic E-state index is 10.7. The third-order valence-corrected chi connectivity index (χ3v) is 1.87. The zero-order chi connectivity index (χ0) is 9.42. The molecule has 0 aliphatic rings. The van der Waals surface area contributed by atoms with Crippen molar-refractivity contribution in [1.29, 1.82) is 0 Å². The van der Waals surface area contributed by atoms with E-state index in [2.05, 4.69) is 4.98 Å². The highest BCUT2D eigenvalue weighted by atomic mass is 16.4. The van der Waals surface area contributed by atoms with E-state index in [0.29, 0.717) is 10.9 Å². The lowest BCUT2D eigenvalue weighted by atomic mass is 10.1. The fraction of sp³-hybridized carbons (Fsp3) is 0. The zero-order valence-corrected chi connectivity index (χ0v) is 6.61. The predicted molar refractivity (Wildman–Crippen MR) is 46.9 cm³/mol. The number of carbonyl (C=O) groups is 1. The number of nitrogens with one attached hydrogen (secondary N) is 1. The van der Waals surface area contributed by atoms with E-state index in [0.717, 1.165) is 0 Å². The first-order valence-electron chi connectivity index (χ1n) is 3.72. The SMILES string of the molecule is O=C(O)c1cccc2cc(O)[nH]c12. The van der Waals surface area contributed by atoms with Gasteiger partial charge in [-0.05, 0) is 6.07 Å². The van der Waals surface area contributed by atoms with Crippen LogP contribution in [0.15, 0.2) is 24.3 Å². The van der Waals surface area contributed by atoms with Crippen LogP contribution in [0.5, 0.6) is 5.88 Å². The first-order valence-corrected chi connectivity index (χ1v) is 3.72. The summed E-state index contributed by atoms with van der Waals surface area (Å²) >= 11 is 0.